The summed E-state index contributed by atoms with van der Waals surface area (Å²) in [6.07, 6.45) is 1.53. The highest BCUT2D eigenvalue weighted by atomic mass is 16.5. The molecule has 0 atom stereocenters. The number of rotatable bonds is 5. The number of amides is 2. The molecule has 8 nitrogen and oxygen atoms in total. The summed E-state index contributed by atoms with van der Waals surface area (Å²) in [5.74, 6) is -0.560. The molecule has 0 bridgehead atoms. The van der Waals surface area contributed by atoms with E-state index < -0.39 is 5.91 Å². The summed E-state index contributed by atoms with van der Waals surface area (Å²) < 4.78 is 6.52. The van der Waals surface area contributed by atoms with Gasteiger partial charge in [-0.2, -0.15) is 0 Å². The van der Waals surface area contributed by atoms with Crippen molar-refractivity contribution in [3.05, 3.63) is 47.8 Å². The molecule has 3 rings (SSSR count). The molecule has 0 fully saturated rings. The molecular weight excluding hydrogens is 334 g/mol. The van der Waals surface area contributed by atoms with E-state index in [9.17, 15) is 9.59 Å². The molecule has 8 heteroatoms. The van der Waals surface area contributed by atoms with Crippen LogP contribution in [0.2, 0.25) is 0 Å². The van der Waals surface area contributed by atoms with Crippen LogP contribution in [0.15, 0.2) is 36.5 Å². The third kappa shape index (κ3) is 3.64. The second kappa shape index (κ2) is 7.22. The number of anilines is 1. The lowest BCUT2D eigenvalue weighted by atomic mass is 10.1. The van der Waals surface area contributed by atoms with Crippen molar-refractivity contribution in [3.63, 3.8) is 0 Å². The van der Waals surface area contributed by atoms with Gasteiger partial charge in [-0.15, -0.1) is 5.10 Å². The van der Waals surface area contributed by atoms with Gasteiger partial charge in [0.05, 0.1) is 24.9 Å². The van der Waals surface area contributed by atoms with Gasteiger partial charge in [-0.1, -0.05) is 6.07 Å². The summed E-state index contributed by atoms with van der Waals surface area (Å²) in [4.78, 5) is 28.9. The van der Waals surface area contributed by atoms with Crippen LogP contribution >= 0.6 is 0 Å². The first kappa shape index (κ1) is 17.4. The molecule has 0 unspecified atom stereocenters. The maximum atomic E-state index is 12.2. The van der Waals surface area contributed by atoms with Crippen molar-refractivity contribution < 1.29 is 14.3 Å². The van der Waals surface area contributed by atoms with Gasteiger partial charge in [-0.05, 0) is 31.2 Å². The Hall–Kier alpha value is -3.42. The Morgan fingerprint density at radius 3 is 2.81 bits per heavy atom. The molecule has 0 aliphatic heterocycles. The Labute approximate surface area is 150 Å². The lowest BCUT2D eigenvalue weighted by Crippen LogP contribution is -2.32. The molecule has 134 valence electrons. The van der Waals surface area contributed by atoms with E-state index >= 15 is 0 Å². The number of hydrogen-bond acceptors (Lipinski definition) is 5. The number of benzene rings is 1. The molecule has 3 aromatic rings. The first-order chi connectivity index (χ1) is 12.5. The standard InChI is InChI=1S/C18H19N5O3/c1-11-7-8-12-14(20-11)5-4-6-15(12)21-16(24)9-19-17(25)13-10-23(2)22-18(13)26-3/h4-8,10H,9H2,1-3H3,(H,19,25)(H,21,24). The van der Waals surface area contributed by atoms with Gasteiger partial charge in [-0.3, -0.25) is 19.3 Å². The van der Waals surface area contributed by atoms with Gasteiger partial charge >= 0.3 is 0 Å². The number of ether oxygens (including phenoxy) is 1. The number of nitrogens with zero attached hydrogens (tertiary/aromatic N) is 3. The van der Waals surface area contributed by atoms with Crippen LogP contribution in [0.5, 0.6) is 5.88 Å². The van der Waals surface area contributed by atoms with Gasteiger partial charge < -0.3 is 15.4 Å². The molecule has 2 aromatic heterocycles. The predicted molar refractivity (Wildman–Crippen MR) is 97.2 cm³/mol. The van der Waals surface area contributed by atoms with Crippen LogP contribution in [-0.4, -0.2) is 40.2 Å². The second-order valence-corrected chi connectivity index (χ2v) is 5.78. The SMILES string of the molecule is COc1nn(C)cc1C(=O)NCC(=O)Nc1cccc2nc(C)ccc12. The molecule has 0 saturated heterocycles. The minimum Gasteiger partial charge on any atom is -0.479 e. The van der Waals surface area contributed by atoms with Crippen LogP contribution in [0, 0.1) is 6.92 Å². The van der Waals surface area contributed by atoms with E-state index in [1.54, 1.807) is 13.1 Å². The van der Waals surface area contributed by atoms with E-state index in [1.807, 2.05) is 31.2 Å². The van der Waals surface area contributed by atoms with E-state index in [1.165, 1.54) is 18.0 Å². The van der Waals surface area contributed by atoms with Crippen LogP contribution in [-0.2, 0) is 11.8 Å². The summed E-state index contributed by atoms with van der Waals surface area (Å²) >= 11 is 0. The predicted octanol–water partition coefficient (Wildman–Crippen LogP) is 1.65. The average Bonchev–Trinajstić information content (AvgIpc) is 3.00. The molecule has 2 heterocycles. The molecule has 1 aromatic carbocycles. The minimum absolute atomic E-state index is 0.174. The topological polar surface area (TPSA) is 98.1 Å². The summed E-state index contributed by atoms with van der Waals surface area (Å²) in [6, 6.07) is 9.29. The Bertz CT molecular complexity index is 980. The minimum atomic E-state index is -0.430. The van der Waals surface area contributed by atoms with Crippen LogP contribution in [0.3, 0.4) is 0 Å². The average molecular weight is 353 g/mol. The first-order valence-corrected chi connectivity index (χ1v) is 8.00. The zero-order valence-electron chi connectivity index (χ0n) is 14.7. The smallest absolute Gasteiger partial charge is 0.258 e. The summed E-state index contributed by atoms with van der Waals surface area (Å²) in [5, 5.41) is 10.2. The molecule has 0 aliphatic rings. The number of aromatic nitrogens is 3. The fourth-order valence-corrected chi connectivity index (χ4v) is 2.59. The van der Waals surface area contributed by atoms with Gasteiger partial charge in [0.15, 0.2) is 0 Å². The Morgan fingerprint density at radius 2 is 2.04 bits per heavy atom. The number of nitrogens with one attached hydrogen (secondary N) is 2. The van der Waals surface area contributed by atoms with Crippen molar-refractivity contribution in [3.8, 4) is 5.88 Å². The highest BCUT2D eigenvalue weighted by molar-refractivity contribution is 6.04. The molecule has 2 amide bonds. The summed E-state index contributed by atoms with van der Waals surface area (Å²) in [7, 11) is 3.12. The quantitative estimate of drug-likeness (QED) is 0.727. The number of aryl methyl sites for hydroxylation is 2. The Balaban J connectivity index is 1.67. The van der Waals surface area contributed by atoms with Crippen molar-refractivity contribution in [2.75, 3.05) is 19.0 Å². The van der Waals surface area contributed by atoms with Crippen LogP contribution in [0.1, 0.15) is 16.1 Å². The maximum absolute atomic E-state index is 12.2. The van der Waals surface area contributed by atoms with E-state index in [0.717, 1.165) is 16.6 Å². The highest BCUT2D eigenvalue weighted by Gasteiger charge is 2.17. The normalized spacial score (nSPS) is 10.6. The van der Waals surface area contributed by atoms with Crippen molar-refractivity contribution in [1.29, 1.82) is 0 Å². The van der Waals surface area contributed by atoms with Crippen LogP contribution < -0.4 is 15.4 Å². The number of pyridine rings is 1. The molecule has 0 radical (unpaired) electrons. The van der Waals surface area contributed by atoms with Crippen LogP contribution in [0.4, 0.5) is 5.69 Å². The number of fused-ring (bicyclic) bond motifs is 1. The van der Waals surface area contributed by atoms with Crippen molar-refractivity contribution in [1.82, 2.24) is 20.1 Å². The Kier molecular flexibility index (Phi) is 4.83. The third-order valence-corrected chi connectivity index (χ3v) is 3.79. The van der Waals surface area contributed by atoms with E-state index in [4.69, 9.17) is 4.74 Å². The second-order valence-electron chi connectivity index (χ2n) is 5.78. The number of hydrogen-bond donors (Lipinski definition) is 2. The molecular formula is C18H19N5O3. The lowest BCUT2D eigenvalue weighted by Gasteiger charge is -2.09. The van der Waals surface area contributed by atoms with E-state index in [-0.39, 0.29) is 23.9 Å². The lowest BCUT2D eigenvalue weighted by molar-refractivity contribution is -0.115. The van der Waals surface area contributed by atoms with Gasteiger partial charge in [0, 0.05) is 24.3 Å². The van der Waals surface area contributed by atoms with Gasteiger partial charge in [0.25, 0.3) is 5.91 Å². The molecule has 0 spiro atoms. The number of carbonyl (C=O) groups is 2. The van der Waals surface area contributed by atoms with Crippen molar-refractivity contribution >= 4 is 28.4 Å². The monoisotopic (exact) mass is 353 g/mol. The van der Waals surface area contributed by atoms with Gasteiger partial charge in [-0.25, -0.2) is 0 Å². The van der Waals surface area contributed by atoms with E-state index in [2.05, 4.69) is 20.7 Å². The molecule has 26 heavy (non-hydrogen) atoms. The van der Waals surface area contributed by atoms with Gasteiger partial charge in [0.1, 0.15) is 5.56 Å². The van der Waals surface area contributed by atoms with Gasteiger partial charge in [0.2, 0.25) is 11.8 Å². The number of carbonyl (C=O) groups excluding carboxylic acids is 2. The molecule has 0 saturated carbocycles. The van der Waals surface area contributed by atoms with E-state index in [0.29, 0.717) is 5.69 Å². The fraction of sp³-hybridized carbons (Fsp3) is 0.222. The van der Waals surface area contributed by atoms with Crippen molar-refractivity contribution in [2.45, 2.75) is 6.92 Å². The summed E-state index contributed by atoms with van der Waals surface area (Å²) in [6.45, 7) is 1.74. The summed E-state index contributed by atoms with van der Waals surface area (Å²) in [5.41, 5.74) is 2.62. The molecule has 2 N–H and O–H groups in total. The highest BCUT2D eigenvalue weighted by Crippen LogP contribution is 2.22. The fourth-order valence-electron chi connectivity index (χ4n) is 2.59. The van der Waals surface area contributed by atoms with Crippen molar-refractivity contribution in [2.24, 2.45) is 7.05 Å². The zero-order chi connectivity index (χ0) is 18.7. The third-order valence-electron chi connectivity index (χ3n) is 3.79. The first-order valence-electron chi connectivity index (χ1n) is 8.00. The van der Waals surface area contributed by atoms with Crippen LogP contribution in [0.25, 0.3) is 10.9 Å². The Morgan fingerprint density at radius 1 is 1.23 bits per heavy atom. The number of methoxy groups -OCH3 is 1. The largest absolute Gasteiger partial charge is 0.479 e. The zero-order valence-corrected chi connectivity index (χ0v) is 14.7. The maximum Gasteiger partial charge on any atom is 0.258 e. The molecule has 0 aliphatic carbocycles.